The van der Waals surface area contributed by atoms with Crippen molar-refractivity contribution in [3.8, 4) is 0 Å². The first-order chi connectivity index (χ1) is 5.72. The maximum Gasteiger partial charge on any atom is 0.0788 e. The molecular formula is C9H18N2O. The molecule has 3 heteroatoms. The number of ether oxygens (including phenoxy) is 1. The molecule has 70 valence electrons. The number of likely N-dealkylation sites (N-methyl/N-ethyl adjacent to an activating group) is 1. The lowest BCUT2D eigenvalue weighted by atomic mass is 9.68. The molecule has 1 heterocycles. The van der Waals surface area contributed by atoms with Crippen molar-refractivity contribution in [1.29, 1.82) is 0 Å². The van der Waals surface area contributed by atoms with Gasteiger partial charge in [-0.1, -0.05) is 0 Å². The van der Waals surface area contributed by atoms with Crippen LogP contribution in [-0.2, 0) is 4.74 Å². The summed E-state index contributed by atoms with van der Waals surface area (Å²) in [5, 5.41) is 0. The smallest absolute Gasteiger partial charge is 0.0788 e. The summed E-state index contributed by atoms with van der Waals surface area (Å²) in [6.07, 6.45) is 2.87. The SMILES string of the molecule is CN(C)C1C(N)C2CCCOC21. The predicted molar refractivity (Wildman–Crippen MR) is 47.9 cm³/mol. The lowest BCUT2D eigenvalue weighted by Gasteiger charge is -2.54. The monoisotopic (exact) mass is 170 g/mol. The van der Waals surface area contributed by atoms with E-state index < -0.39 is 0 Å². The van der Waals surface area contributed by atoms with Crippen LogP contribution in [0.2, 0.25) is 0 Å². The molecule has 1 saturated heterocycles. The van der Waals surface area contributed by atoms with E-state index in [4.69, 9.17) is 10.5 Å². The Morgan fingerprint density at radius 2 is 2.17 bits per heavy atom. The van der Waals surface area contributed by atoms with Gasteiger partial charge in [0.05, 0.1) is 12.1 Å². The molecule has 0 aromatic rings. The van der Waals surface area contributed by atoms with Gasteiger partial charge in [0, 0.05) is 18.6 Å². The maximum atomic E-state index is 6.06. The lowest BCUT2D eigenvalue weighted by molar-refractivity contribution is -0.145. The summed E-state index contributed by atoms with van der Waals surface area (Å²) in [6, 6.07) is 0.792. The molecule has 1 aliphatic carbocycles. The van der Waals surface area contributed by atoms with Crippen molar-refractivity contribution in [2.45, 2.75) is 31.0 Å². The van der Waals surface area contributed by atoms with Crippen molar-refractivity contribution < 1.29 is 4.74 Å². The fourth-order valence-corrected chi connectivity index (χ4v) is 2.55. The number of rotatable bonds is 1. The Morgan fingerprint density at radius 3 is 2.83 bits per heavy atom. The summed E-state index contributed by atoms with van der Waals surface area (Å²) in [6.45, 7) is 0.929. The van der Waals surface area contributed by atoms with Crippen LogP contribution in [0, 0.1) is 5.92 Å². The van der Waals surface area contributed by atoms with Crippen LogP contribution >= 0.6 is 0 Å². The Morgan fingerprint density at radius 1 is 1.42 bits per heavy atom. The van der Waals surface area contributed by atoms with Crippen molar-refractivity contribution in [3.63, 3.8) is 0 Å². The molecular weight excluding hydrogens is 152 g/mol. The molecule has 0 aromatic heterocycles. The van der Waals surface area contributed by atoms with E-state index in [0.717, 1.165) is 6.61 Å². The second-order valence-electron chi connectivity index (χ2n) is 4.17. The third-order valence-corrected chi connectivity index (χ3v) is 3.24. The predicted octanol–water partition coefficient (Wildman–Crippen LogP) is 0.0527. The van der Waals surface area contributed by atoms with E-state index in [0.29, 0.717) is 24.1 Å². The molecule has 2 N–H and O–H groups in total. The Kier molecular flexibility index (Phi) is 2.10. The van der Waals surface area contributed by atoms with Crippen molar-refractivity contribution in [2.24, 2.45) is 11.7 Å². The summed E-state index contributed by atoms with van der Waals surface area (Å²) < 4.78 is 5.70. The molecule has 0 amide bonds. The van der Waals surface area contributed by atoms with Gasteiger partial charge in [0.2, 0.25) is 0 Å². The number of nitrogens with zero attached hydrogens (tertiary/aromatic N) is 1. The Bertz CT molecular complexity index is 172. The molecule has 0 radical (unpaired) electrons. The molecule has 4 atom stereocenters. The standard InChI is InChI=1S/C9H18N2O/c1-11(2)8-7(10)6-4-3-5-12-9(6)8/h6-9H,3-5,10H2,1-2H3. The van der Waals surface area contributed by atoms with E-state index in [-0.39, 0.29) is 0 Å². The molecule has 0 aromatic carbocycles. The lowest BCUT2D eigenvalue weighted by Crippen LogP contribution is -2.70. The summed E-state index contributed by atoms with van der Waals surface area (Å²) in [5.41, 5.74) is 6.06. The highest BCUT2D eigenvalue weighted by Crippen LogP contribution is 2.38. The highest BCUT2D eigenvalue weighted by Gasteiger charge is 2.51. The Balaban J connectivity index is 2.00. The number of hydrogen-bond donors (Lipinski definition) is 1. The highest BCUT2D eigenvalue weighted by atomic mass is 16.5. The third kappa shape index (κ3) is 1.08. The van der Waals surface area contributed by atoms with Gasteiger partial charge in [0.15, 0.2) is 0 Å². The summed E-state index contributed by atoms with van der Waals surface area (Å²) in [7, 11) is 4.16. The second-order valence-corrected chi connectivity index (χ2v) is 4.17. The van der Waals surface area contributed by atoms with Gasteiger partial charge >= 0.3 is 0 Å². The van der Waals surface area contributed by atoms with Crippen molar-refractivity contribution in [1.82, 2.24) is 4.90 Å². The molecule has 0 spiro atoms. The number of fused-ring (bicyclic) bond motifs is 1. The average Bonchev–Trinajstić information content (AvgIpc) is 2.03. The quantitative estimate of drug-likeness (QED) is 0.604. The van der Waals surface area contributed by atoms with E-state index in [1.54, 1.807) is 0 Å². The van der Waals surface area contributed by atoms with Crippen LogP contribution < -0.4 is 5.73 Å². The summed E-state index contributed by atoms with van der Waals surface area (Å²) >= 11 is 0. The van der Waals surface area contributed by atoms with Gasteiger partial charge in [-0.15, -0.1) is 0 Å². The molecule has 1 saturated carbocycles. The van der Waals surface area contributed by atoms with Crippen LogP contribution in [0.25, 0.3) is 0 Å². The van der Waals surface area contributed by atoms with Crippen molar-refractivity contribution >= 4 is 0 Å². The van der Waals surface area contributed by atoms with Crippen LogP contribution in [0.15, 0.2) is 0 Å². The zero-order valence-corrected chi connectivity index (χ0v) is 7.86. The first kappa shape index (κ1) is 8.48. The maximum absolute atomic E-state index is 6.06. The van der Waals surface area contributed by atoms with Gasteiger partial charge < -0.3 is 15.4 Å². The van der Waals surface area contributed by atoms with Gasteiger partial charge in [-0.3, -0.25) is 0 Å². The highest BCUT2D eigenvalue weighted by molar-refractivity contribution is 5.07. The number of hydrogen-bond acceptors (Lipinski definition) is 3. The van der Waals surface area contributed by atoms with Gasteiger partial charge in [0.25, 0.3) is 0 Å². The molecule has 4 unspecified atom stereocenters. The summed E-state index contributed by atoms with van der Waals surface area (Å²) in [5.74, 6) is 0.631. The molecule has 3 nitrogen and oxygen atoms in total. The third-order valence-electron chi connectivity index (χ3n) is 3.24. The minimum atomic E-state index is 0.338. The largest absolute Gasteiger partial charge is 0.376 e. The normalized spacial score (nSPS) is 47.0. The second kappa shape index (κ2) is 2.98. The zero-order chi connectivity index (χ0) is 8.72. The van der Waals surface area contributed by atoms with Gasteiger partial charge in [-0.05, 0) is 26.9 Å². The van der Waals surface area contributed by atoms with Gasteiger partial charge in [-0.25, -0.2) is 0 Å². The fourth-order valence-electron chi connectivity index (χ4n) is 2.55. The Hall–Kier alpha value is -0.120. The molecule has 1 aliphatic heterocycles. The van der Waals surface area contributed by atoms with Crippen molar-refractivity contribution in [2.75, 3.05) is 20.7 Å². The van der Waals surface area contributed by atoms with Crippen LogP contribution in [0.5, 0.6) is 0 Å². The minimum Gasteiger partial charge on any atom is -0.376 e. The topological polar surface area (TPSA) is 38.5 Å². The van der Waals surface area contributed by atoms with Crippen LogP contribution in [0.4, 0.5) is 0 Å². The Labute approximate surface area is 73.9 Å². The molecule has 2 aliphatic rings. The first-order valence-electron chi connectivity index (χ1n) is 4.75. The van der Waals surface area contributed by atoms with E-state index >= 15 is 0 Å². The van der Waals surface area contributed by atoms with Crippen LogP contribution in [0.1, 0.15) is 12.8 Å². The molecule has 2 rings (SSSR count). The fraction of sp³-hybridized carbons (Fsp3) is 1.00. The first-order valence-corrected chi connectivity index (χ1v) is 4.75. The molecule has 2 fully saturated rings. The van der Waals surface area contributed by atoms with Crippen molar-refractivity contribution in [3.05, 3.63) is 0 Å². The van der Waals surface area contributed by atoms with Gasteiger partial charge in [-0.2, -0.15) is 0 Å². The van der Waals surface area contributed by atoms with Crippen LogP contribution in [0.3, 0.4) is 0 Å². The molecule has 0 bridgehead atoms. The van der Waals surface area contributed by atoms with E-state index in [2.05, 4.69) is 19.0 Å². The molecule has 12 heavy (non-hydrogen) atoms. The zero-order valence-electron chi connectivity index (χ0n) is 7.86. The van der Waals surface area contributed by atoms with Gasteiger partial charge in [0.1, 0.15) is 0 Å². The van der Waals surface area contributed by atoms with E-state index in [1.807, 2.05) is 0 Å². The average molecular weight is 170 g/mol. The van der Waals surface area contributed by atoms with E-state index in [1.165, 1.54) is 12.8 Å². The minimum absolute atomic E-state index is 0.338. The summed E-state index contributed by atoms with van der Waals surface area (Å²) in [4.78, 5) is 2.19. The number of nitrogens with two attached hydrogens (primary N) is 1. The van der Waals surface area contributed by atoms with E-state index in [9.17, 15) is 0 Å². The van der Waals surface area contributed by atoms with Crippen LogP contribution in [-0.4, -0.2) is 43.8 Å².